The SMILES string of the molecule is Nc1nc([C@@H](c2cc3cccc(C(F)(F)F)c3nc2-c2cccnc2)C(F)(F)F)nc2cccnc12. The minimum Gasteiger partial charge on any atom is -0.382 e. The quantitative estimate of drug-likeness (QED) is 0.309. The number of nitrogens with zero attached hydrogens (tertiary/aromatic N) is 5. The second-order valence-electron chi connectivity index (χ2n) is 7.86. The number of nitrogen functional groups attached to an aromatic ring is 1. The van der Waals surface area contributed by atoms with Gasteiger partial charge in [-0.1, -0.05) is 12.1 Å². The van der Waals surface area contributed by atoms with Gasteiger partial charge in [-0.25, -0.2) is 15.0 Å². The molecular formula is C24H14F6N6. The third kappa shape index (κ3) is 4.14. The summed E-state index contributed by atoms with van der Waals surface area (Å²) in [5.41, 5.74) is 3.87. The molecule has 36 heavy (non-hydrogen) atoms. The Balaban J connectivity index is 1.86. The Morgan fingerprint density at radius 3 is 2.28 bits per heavy atom. The van der Waals surface area contributed by atoms with Crippen molar-refractivity contribution in [3.8, 4) is 11.3 Å². The lowest BCUT2D eigenvalue weighted by Crippen LogP contribution is -2.25. The van der Waals surface area contributed by atoms with Gasteiger partial charge in [-0.15, -0.1) is 0 Å². The molecule has 4 aromatic heterocycles. The number of nitrogens with two attached hydrogens (primary N) is 1. The Morgan fingerprint density at radius 2 is 1.58 bits per heavy atom. The van der Waals surface area contributed by atoms with Crippen molar-refractivity contribution in [3.05, 3.63) is 84.1 Å². The average Bonchev–Trinajstić information content (AvgIpc) is 2.82. The Labute approximate surface area is 198 Å². The lowest BCUT2D eigenvalue weighted by Gasteiger charge is -2.23. The summed E-state index contributed by atoms with van der Waals surface area (Å²) in [6, 6.07) is 10.0. The van der Waals surface area contributed by atoms with Crippen LogP contribution in [0.4, 0.5) is 32.2 Å². The molecule has 2 N–H and O–H groups in total. The molecule has 0 radical (unpaired) electrons. The van der Waals surface area contributed by atoms with Gasteiger partial charge in [-0.05, 0) is 42.0 Å². The van der Waals surface area contributed by atoms with Gasteiger partial charge >= 0.3 is 12.4 Å². The van der Waals surface area contributed by atoms with Crippen molar-refractivity contribution in [1.82, 2.24) is 24.9 Å². The summed E-state index contributed by atoms with van der Waals surface area (Å²) in [6.45, 7) is 0. The maximum Gasteiger partial charge on any atom is 0.418 e. The fourth-order valence-electron chi connectivity index (χ4n) is 4.00. The first-order valence-electron chi connectivity index (χ1n) is 10.4. The van der Waals surface area contributed by atoms with Crippen molar-refractivity contribution >= 4 is 27.8 Å². The van der Waals surface area contributed by atoms with E-state index in [0.29, 0.717) is 0 Å². The normalized spacial score (nSPS) is 13.3. The number of halogens is 6. The third-order valence-corrected chi connectivity index (χ3v) is 5.51. The van der Waals surface area contributed by atoms with Gasteiger partial charge < -0.3 is 5.73 Å². The summed E-state index contributed by atoms with van der Waals surface area (Å²) in [6.07, 6.45) is -5.72. The van der Waals surface area contributed by atoms with Gasteiger partial charge in [-0.3, -0.25) is 9.97 Å². The second-order valence-corrected chi connectivity index (χ2v) is 7.86. The van der Waals surface area contributed by atoms with Crippen molar-refractivity contribution in [1.29, 1.82) is 0 Å². The number of hydrogen-bond acceptors (Lipinski definition) is 6. The van der Waals surface area contributed by atoms with Gasteiger partial charge in [0, 0.05) is 29.5 Å². The van der Waals surface area contributed by atoms with Crippen LogP contribution in [0.25, 0.3) is 33.2 Å². The van der Waals surface area contributed by atoms with E-state index in [9.17, 15) is 26.3 Å². The van der Waals surface area contributed by atoms with Gasteiger partial charge in [0.2, 0.25) is 0 Å². The number of benzene rings is 1. The maximum absolute atomic E-state index is 14.6. The van der Waals surface area contributed by atoms with E-state index in [1.165, 1.54) is 48.9 Å². The molecule has 6 nitrogen and oxygen atoms in total. The lowest BCUT2D eigenvalue weighted by molar-refractivity contribution is -0.142. The van der Waals surface area contributed by atoms with Gasteiger partial charge in [0.25, 0.3) is 0 Å². The molecule has 0 spiro atoms. The van der Waals surface area contributed by atoms with Crippen LogP contribution in [0, 0.1) is 0 Å². The summed E-state index contributed by atoms with van der Waals surface area (Å²) >= 11 is 0. The molecule has 0 fully saturated rings. The van der Waals surface area contributed by atoms with Crippen LogP contribution in [-0.4, -0.2) is 31.1 Å². The van der Waals surface area contributed by atoms with Crippen LogP contribution in [-0.2, 0) is 6.18 Å². The molecule has 1 atom stereocenters. The molecule has 5 aromatic rings. The van der Waals surface area contributed by atoms with Crippen molar-refractivity contribution < 1.29 is 26.3 Å². The summed E-state index contributed by atoms with van der Waals surface area (Å²) in [7, 11) is 0. The molecule has 0 aliphatic heterocycles. The molecule has 0 aliphatic carbocycles. The van der Waals surface area contributed by atoms with Crippen molar-refractivity contribution in [2.24, 2.45) is 0 Å². The monoisotopic (exact) mass is 500 g/mol. The summed E-state index contributed by atoms with van der Waals surface area (Å²) < 4.78 is 84.9. The molecule has 1 aromatic carbocycles. The predicted octanol–water partition coefficient (Wildman–Crippen LogP) is 5.93. The first-order valence-corrected chi connectivity index (χ1v) is 10.4. The Morgan fingerprint density at radius 1 is 0.806 bits per heavy atom. The molecule has 12 heteroatoms. The second kappa shape index (κ2) is 8.40. The molecule has 5 rings (SSSR count). The molecule has 182 valence electrons. The van der Waals surface area contributed by atoms with Gasteiger partial charge in [0.1, 0.15) is 17.3 Å². The highest BCUT2D eigenvalue weighted by atomic mass is 19.4. The third-order valence-electron chi connectivity index (χ3n) is 5.51. The fraction of sp³-hybridized carbons (Fsp3) is 0.125. The molecule has 4 heterocycles. The van der Waals surface area contributed by atoms with Gasteiger partial charge in [-0.2, -0.15) is 26.3 Å². The molecule has 0 unspecified atom stereocenters. The number of fused-ring (bicyclic) bond motifs is 2. The Hall–Kier alpha value is -4.35. The van der Waals surface area contributed by atoms with Crippen LogP contribution in [0.2, 0.25) is 0 Å². The molecule has 0 aliphatic rings. The maximum atomic E-state index is 14.6. The van der Waals surface area contributed by atoms with Crippen molar-refractivity contribution in [2.75, 3.05) is 5.73 Å². The predicted molar refractivity (Wildman–Crippen MR) is 120 cm³/mol. The number of alkyl halides is 6. The van der Waals surface area contributed by atoms with Crippen LogP contribution < -0.4 is 5.73 Å². The fourth-order valence-corrected chi connectivity index (χ4v) is 4.00. The zero-order valence-electron chi connectivity index (χ0n) is 18.0. The molecule has 0 bridgehead atoms. The van der Waals surface area contributed by atoms with Crippen molar-refractivity contribution in [3.63, 3.8) is 0 Å². The number of aromatic nitrogens is 5. The van der Waals surface area contributed by atoms with Crippen LogP contribution in [0.1, 0.15) is 22.9 Å². The van der Waals surface area contributed by atoms with E-state index in [-0.39, 0.29) is 33.5 Å². The standard InChI is InChI=1S/C24H14F6N6/c25-23(26,27)15-6-1-4-12-10-14(18(35-19(12)15)13-5-2-8-32-11-13)17(24(28,29)30)22-34-16-7-3-9-33-20(16)21(31)36-22/h1-11,17H,(H2,31,34,36)/t17-/m1/s1. The Kier molecular flexibility index (Phi) is 5.46. The average molecular weight is 500 g/mol. The van der Waals surface area contributed by atoms with Crippen LogP contribution in [0.15, 0.2) is 67.1 Å². The number of anilines is 1. The van der Waals surface area contributed by atoms with E-state index < -0.39 is 40.7 Å². The first-order chi connectivity index (χ1) is 17.0. The smallest absolute Gasteiger partial charge is 0.382 e. The highest BCUT2D eigenvalue weighted by Crippen LogP contribution is 2.44. The van der Waals surface area contributed by atoms with E-state index in [0.717, 1.165) is 18.2 Å². The van der Waals surface area contributed by atoms with Crippen molar-refractivity contribution in [2.45, 2.75) is 18.3 Å². The zero-order chi connectivity index (χ0) is 25.7. The van der Waals surface area contributed by atoms with Crippen LogP contribution >= 0.6 is 0 Å². The van der Waals surface area contributed by atoms with Gasteiger partial charge in [0.15, 0.2) is 5.82 Å². The first kappa shape index (κ1) is 23.4. The molecule has 0 saturated heterocycles. The lowest BCUT2D eigenvalue weighted by atomic mass is 9.91. The van der Waals surface area contributed by atoms with E-state index in [1.807, 2.05) is 0 Å². The molecule has 0 saturated carbocycles. The minimum absolute atomic E-state index is 0.0882. The van der Waals surface area contributed by atoms with Crippen LogP contribution in [0.3, 0.4) is 0 Å². The number of pyridine rings is 3. The topological polar surface area (TPSA) is 90.5 Å². The number of hydrogen-bond donors (Lipinski definition) is 1. The van der Waals surface area contributed by atoms with E-state index in [2.05, 4.69) is 24.9 Å². The number of para-hydroxylation sites is 1. The number of rotatable bonds is 3. The van der Waals surface area contributed by atoms with Crippen LogP contribution in [0.5, 0.6) is 0 Å². The minimum atomic E-state index is -4.95. The highest BCUT2D eigenvalue weighted by molar-refractivity contribution is 5.87. The van der Waals surface area contributed by atoms with E-state index in [4.69, 9.17) is 5.73 Å². The summed E-state index contributed by atoms with van der Waals surface area (Å²) in [5, 5.41) is -0.128. The summed E-state index contributed by atoms with van der Waals surface area (Å²) in [5.74, 6) is -3.40. The van der Waals surface area contributed by atoms with E-state index in [1.54, 1.807) is 0 Å². The van der Waals surface area contributed by atoms with Gasteiger partial charge in [0.05, 0.1) is 22.3 Å². The van der Waals surface area contributed by atoms with E-state index >= 15 is 0 Å². The highest BCUT2D eigenvalue weighted by Gasteiger charge is 2.46. The Bertz CT molecular complexity index is 1580. The summed E-state index contributed by atoms with van der Waals surface area (Å²) in [4.78, 5) is 19.9. The molecule has 0 amide bonds. The zero-order valence-corrected chi connectivity index (χ0v) is 18.0. The molecular weight excluding hydrogens is 486 g/mol. The largest absolute Gasteiger partial charge is 0.418 e.